The van der Waals surface area contributed by atoms with Gasteiger partial charge in [-0.15, -0.1) is 0 Å². The zero-order chi connectivity index (χ0) is 18.5. The number of halogens is 1. The van der Waals surface area contributed by atoms with E-state index in [4.69, 9.17) is 5.73 Å². The lowest BCUT2D eigenvalue weighted by atomic mass is 10.1. The average molecular weight is 348 g/mol. The van der Waals surface area contributed by atoms with Crippen LogP contribution in [0.4, 0.5) is 21.5 Å². The molecule has 1 radical (unpaired) electrons. The van der Waals surface area contributed by atoms with Crippen molar-refractivity contribution in [2.45, 2.75) is 0 Å². The highest BCUT2D eigenvalue weighted by atomic mass is 19.1. The normalized spacial score (nSPS) is 10.2. The SMILES string of the molecule is [NH]C(=O)c1cccc(NC(=O)c2ccccc2Nc2cccc(F)c2)c1. The molecule has 0 spiro atoms. The van der Waals surface area contributed by atoms with Crippen LogP contribution in [0.1, 0.15) is 20.7 Å². The van der Waals surface area contributed by atoms with Crippen LogP contribution in [0, 0.1) is 5.82 Å². The molecule has 0 unspecified atom stereocenters. The van der Waals surface area contributed by atoms with Crippen molar-refractivity contribution in [1.82, 2.24) is 5.73 Å². The molecule has 2 amide bonds. The Hall–Kier alpha value is -3.67. The van der Waals surface area contributed by atoms with Gasteiger partial charge in [-0.05, 0) is 48.5 Å². The number of amides is 2. The molecule has 0 fully saturated rings. The summed E-state index contributed by atoms with van der Waals surface area (Å²) in [5.41, 5.74) is 9.14. The lowest BCUT2D eigenvalue weighted by Gasteiger charge is -2.12. The van der Waals surface area contributed by atoms with Gasteiger partial charge >= 0.3 is 0 Å². The molecule has 0 aliphatic carbocycles. The van der Waals surface area contributed by atoms with E-state index in [9.17, 15) is 14.0 Å². The van der Waals surface area contributed by atoms with Gasteiger partial charge in [0.1, 0.15) is 5.82 Å². The van der Waals surface area contributed by atoms with Crippen molar-refractivity contribution in [3.05, 3.63) is 89.7 Å². The maximum atomic E-state index is 13.4. The molecule has 0 aliphatic rings. The topological polar surface area (TPSA) is 82.0 Å². The third-order valence-corrected chi connectivity index (χ3v) is 3.66. The first kappa shape index (κ1) is 17.2. The minimum absolute atomic E-state index is 0.189. The van der Waals surface area contributed by atoms with Crippen molar-refractivity contribution >= 4 is 28.9 Å². The maximum Gasteiger partial charge on any atom is 0.269 e. The van der Waals surface area contributed by atoms with Crippen LogP contribution in [-0.4, -0.2) is 11.8 Å². The highest BCUT2D eigenvalue weighted by Crippen LogP contribution is 2.22. The van der Waals surface area contributed by atoms with Gasteiger partial charge in [0.2, 0.25) is 0 Å². The van der Waals surface area contributed by atoms with E-state index in [0.717, 1.165) is 0 Å². The highest BCUT2D eigenvalue weighted by molar-refractivity contribution is 6.08. The average Bonchev–Trinajstić information content (AvgIpc) is 2.62. The second kappa shape index (κ2) is 7.48. The summed E-state index contributed by atoms with van der Waals surface area (Å²) >= 11 is 0. The molecule has 0 saturated heterocycles. The molecule has 6 heteroatoms. The summed E-state index contributed by atoms with van der Waals surface area (Å²) in [7, 11) is 0. The number of hydrogen-bond acceptors (Lipinski definition) is 3. The number of rotatable bonds is 5. The third kappa shape index (κ3) is 4.05. The quantitative estimate of drug-likeness (QED) is 0.723. The Labute approximate surface area is 149 Å². The summed E-state index contributed by atoms with van der Waals surface area (Å²) in [4.78, 5) is 23.8. The van der Waals surface area contributed by atoms with Gasteiger partial charge < -0.3 is 10.6 Å². The molecular formula is C20H15FN3O2. The molecule has 3 rings (SSSR count). The van der Waals surface area contributed by atoms with Crippen molar-refractivity contribution in [2.75, 3.05) is 10.6 Å². The molecule has 5 nitrogen and oxygen atoms in total. The van der Waals surface area contributed by atoms with E-state index < -0.39 is 5.91 Å². The van der Waals surface area contributed by atoms with E-state index in [2.05, 4.69) is 10.6 Å². The van der Waals surface area contributed by atoms with Crippen molar-refractivity contribution in [2.24, 2.45) is 0 Å². The molecule has 0 atom stereocenters. The van der Waals surface area contributed by atoms with Crippen LogP contribution < -0.4 is 16.4 Å². The van der Waals surface area contributed by atoms with Gasteiger partial charge in [-0.2, -0.15) is 0 Å². The summed E-state index contributed by atoms with van der Waals surface area (Å²) in [6.07, 6.45) is 0. The van der Waals surface area contributed by atoms with E-state index in [-0.39, 0.29) is 17.3 Å². The van der Waals surface area contributed by atoms with Crippen molar-refractivity contribution in [1.29, 1.82) is 0 Å². The zero-order valence-corrected chi connectivity index (χ0v) is 13.6. The van der Waals surface area contributed by atoms with Crippen molar-refractivity contribution < 1.29 is 14.0 Å². The monoisotopic (exact) mass is 348 g/mol. The molecular weight excluding hydrogens is 333 g/mol. The largest absolute Gasteiger partial charge is 0.355 e. The first-order valence-corrected chi connectivity index (χ1v) is 7.82. The Kier molecular flexibility index (Phi) is 4.94. The second-order valence-electron chi connectivity index (χ2n) is 5.54. The molecule has 0 saturated carbocycles. The van der Waals surface area contributed by atoms with Crippen molar-refractivity contribution in [3.8, 4) is 0 Å². The summed E-state index contributed by atoms with van der Waals surface area (Å²) in [6, 6.07) is 18.9. The van der Waals surface area contributed by atoms with Gasteiger partial charge in [0.25, 0.3) is 11.8 Å². The molecule has 0 aromatic heterocycles. The second-order valence-corrected chi connectivity index (χ2v) is 5.54. The summed E-state index contributed by atoms with van der Waals surface area (Å²) in [5.74, 6) is -1.60. The van der Waals surface area contributed by atoms with Crippen LogP contribution >= 0.6 is 0 Å². The van der Waals surface area contributed by atoms with Gasteiger partial charge in [0.05, 0.1) is 11.3 Å². The molecule has 3 aromatic carbocycles. The minimum atomic E-state index is -0.825. The predicted octanol–water partition coefficient (Wildman–Crippen LogP) is 4.24. The van der Waals surface area contributed by atoms with Gasteiger partial charge in [-0.25, -0.2) is 4.39 Å². The summed E-state index contributed by atoms with van der Waals surface area (Å²) in [6.45, 7) is 0. The lowest BCUT2D eigenvalue weighted by molar-refractivity contribution is 0.0989. The lowest BCUT2D eigenvalue weighted by Crippen LogP contribution is -2.14. The van der Waals surface area contributed by atoms with Crippen LogP contribution in [0.2, 0.25) is 0 Å². The van der Waals surface area contributed by atoms with E-state index in [1.807, 2.05) is 0 Å². The molecule has 0 heterocycles. The third-order valence-electron chi connectivity index (χ3n) is 3.66. The number of para-hydroxylation sites is 1. The first-order chi connectivity index (χ1) is 12.5. The fourth-order valence-corrected chi connectivity index (χ4v) is 2.45. The Morgan fingerprint density at radius 1 is 0.846 bits per heavy atom. The zero-order valence-electron chi connectivity index (χ0n) is 13.6. The maximum absolute atomic E-state index is 13.4. The number of benzene rings is 3. The molecule has 3 N–H and O–H groups in total. The smallest absolute Gasteiger partial charge is 0.269 e. The van der Waals surface area contributed by atoms with Crippen LogP contribution in [0.15, 0.2) is 72.8 Å². The van der Waals surface area contributed by atoms with E-state index >= 15 is 0 Å². The molecule has 129 valence electrons. The fourth-order valence-electron chi connectivity index (χ4n) is 2.45. The van der Waals surface area contributed by atoms with Gasteiger partial charge in [-0.3, -0.25) is 15.3 Å². The molecule has 3 aromatic rings. The number of hydrogen-bond donors (Lipinski definition) is 2. The van der Waals surface area contributed by atoms with Crippen LogP contribution in [0.5, 0.6) is 0 Å². The van der Waals surface area contributed by atoms with Gasteiger partial charge in [0.15, 0.2) is 0 Å². The van der Waals surface area contributed by atoms with Gasteiger partial charge in [0, 0.05) is 16.9 Å². The molecule has 0 bridgehead atoms. The van der Waals surface area contributed by atoms with E-state index in [0.29, 0.717) is 22.6 Å². The van der Waals surface area contributed by atoms with Crippen LogP contribution in [0.3, 0.4) is 0 Å². The highest BCUT2D eigenvalue weighted by Gasteiger charge is 2.12. The minimum Gasteiger partial charge on any atom is -0.355 e. The Morgan fingerprint density at radius 3 is 2.35 bits per heavy atom. The standard InChI is InChI=1S/C20H15FN3O2/c21-14-6-4-8-16(12-14)23-18-10-2-1-9-17(18)20(26)24-15-7-3-5-13(11-15)19(22)25/h1-12,22-23H,(H,24,26). The predicted molar refractivity (Wildman–Crippen MR) is 97.9 cm³/mol. The Bertz CT molecular complexity index is 973. The molecule has 26 heavy (non-hydrogen) atoms. The molecule has 0 aliphatic heterocycles. The van der Waals surface area contributed by atoms with E-state index in [1.165, 1.54) is 24.3 Å². The Morgan fingerprint density at radius 2 is 1.58 bits per heavy atom. The van der Waals surface area contributed by atoms with Crippen LogP contribution in [-0.2, 0) is 0 Å². The summed E-state index contributed by atoms with van der Waals surface area (Å²) in [5, 5.41) is 5.73. The number of carbonyl (C=O) groups is 2. The Balaban J connectivity index is 1.84. The van der Waals surface area contributed by atoms with Crippen molar-refractivity contribution in [3.63, 3.8) is 0 Å². The first-order valence-electron chi connectivity index (χ1n) is 7.82. The van der Waals surface area contributed by atoms with Crippen LogP contribution in [0.25, 0.3) is 0 Å². The number of carbonyl (C=O) groups excluding carboxylic acids is 2. The number of anilines is 3. The van der Waals surface area contributed by atoms with Gasteiger partial charge in [-0.1, -0.05) is 24.3 Å². The number of nitrogens with one attached hydrogen (secondary N) is 3. The fraction of sp³-hybridized carbons (Fsp3) is 0. The van der Waals surface area contributed by atoms with E-state index in [1.54, 1.807) is 48.5 Å². The summed E-state index contributed by atoms with van der Waals surface area (Å²) < 4.78 is 13.4.